The molecular weight excluding hydrogens is 380 g/mol. The van der Waals surface area contributed by atoms with E-state index >= 15 is 0 Å². The Morgan fingerprint density at radius 1 is 1.20 bits per heavy atom. The van der Waals surface area contributed by atoms with Crippen molar-refractivity contribution in [3.63, 3.8) is 0 Å². The van der Waals surface area contributed by atoms with E-state index in [0.29, 0.717) is 43.8 Å². The Morgan fingerprint density at radius 2 is 1.97 bits per heavy atom. The van der Waals surface area contributed by atoms with Crippen molar-refractivity contribution in [1.29, 1.82) is 0 Å². The van der Waals surface area contributed by atoms with Gasteiger partial charge >= 0.3 is 0 Å². The summed E-state index contributed by atoms with van der Waals surface area (Å²) in [4.78, 5) is 42.9. The molecule has 0 radical (unpaired) electrons. The number of amides is 1. The topological polar surface area (TPSA) is 79.5 Å². The second-order valence-corrected chi connectivity index (χ2v) is 9.23. The molecule has 1 aliphatic carbocycles. The average Bonchev–Trinajstić information content (AvgIpc) is 2.71. The molecule has 0 spiro atoms. The van der Waals surface area contributed by atoms with E-state index in [4.69, 9.17) is 4.74 Å². The summed E-state index contributed by atoms with van der Waals surface area (Å²) in [6, 6.07) is 11.1. The number of pyridine rings is 1. The molecule has 0 bridgehead atoms. The fourth-order valence-electron chi connectivity index (χ4n) is 4.47. The third-order valence-electron chi connectivity index (χ3n) is 5.98. The van der Waals surface area contributed by atoms with Crippen LogP contribution in [0, 0.1) is 11.3 Å². The number of ketones is 1. The molecule has 1 aromatic heterocycles. The Bertz CT molecular complexity index is 1010. The summed E-state index contributed by atoms with van der Waals surface area (Å²) in [6.07, 6.45) is 2.89. The second-order valence-electron chi connectivity index (χ2n) is 9.23. The third kappa shape index (κ3) is 4.32. The van der Waals surface area contributed by atoms with Crippen molar-refractivity contribution in [3.05, 3.63) is 63.6 Å². The predicted octanol–water partition coefficient (Wildman–Crippen LogP) is 3.46. The van der Waals surface area contributed by atoms with E-state index in [-0.39, 0.29) is 28.6 Å². The van der Waals surface area contributed by atoms with Crippen LogP contribution in [0.15, 0.2) is 41.2 Å². The van der Waals surface area contributed by atoms with Crippen LogP contribution in [0.1, 0.15) is 59.5 Å². The molecule has 2 aromatic rings. The number of carbonyl (C=O) groups excluding carboxylic acids is 2. The predicted molar refractivity (Wildman–Crippen MR) is 114 cm³/mol. The molecule has 1 unspecified atom stereocenters. The van der Waals surface area contributed by atoms with Crippen molar-refractivity contribution in [2.24, 2.45) is 11.3 Å². The van der Waals surface area contributed by atoms with Crippen LogP contribution in [0.5, 0.6) is 5.75 Å². The molecular formula is C24H28N2O4. The van der Waals surface area contributed by atoms with Crippen LogP contribution in [0.2, 0.25) is 0 Å². The highest BCUT2D eigenvalue weighted by Gasteiger charge is 2.34. The lowest BCUT2D eigenvalue weighted by Crippen LogP contribution is -2.43. The van der Waals surface area contributed by atoms with E-state index < -0.39 is 5.56 Å². The Labute approximate surface area is 176 Å². The standard InChI is InChI=1S/C24H28N2O4/c1-24(2)12-20-18(21(27)13-24)11-19(22(28)25-20)23(29)26-10-6-7-16(14-26)15-30-17-8-4-3-5-9-17/h3-5,8-9,11,16H,6-7,10,12-15H2,1-2H3,(H,25,28). The van der Waals surface area contributed by atoms with E-state index in [9.17, 15) is 14.4 Å². The van der Waals surface area contributed by atoms with Gasteiger partial charge in [0.1, 0.15) is 11.3 Å². The number of rotatable bonds is 4. The summed E-state index contributed by atoms with van der Waals surface area (Å²) in [5.41, 5.74) is 0.597. The molecule has 2 heterocycles. The zero-order chi connectivity index (χ0) is 21.3. The number of benzene rings is 1. The van der Waals surface area contributed by atoms with E-state index in [2.05, 4.69) is 4.98 Å². The monoisotopic (exact) mass is 408 g/mol. The van der Waals surface area contributed by atoms with Gasteiger partial charge in [0.05, 0.1) is 6.61 Å². The number of H-pyrrole nitrogens is 1. The Kier molecular flexibility index (Phi) is 5.50. The summed E-state index contributed by atoms with van der Waals surface area (Å²) >= 11 is 0. The number of nitrogens with one attached hydrogen (secondary N) is 1. The minimum absolute atomic E-state index is 0.0145. The van der Waals surface area contributed by atoms with Crippen LogP contribution in [-0.4, -0.2) is 41.3 Å². The van der Waals surface area contributed by atoms with Gasteiger partial charge in [-0.05, 0) is 42.9 Å². The molecule has 1 saturated heterocycles. The Hall–Kier alpha value is -2.89. The molecule has 2 aliphatic rings. The van der Waals surface area contributed by atoms with E-state index in [1.54, 1.807) is 4.90 Å². The molecule has 1 aliphatic heterocycles. The number of fused-ring (bicyclic) bond motifs is 1. The molecule has 4 rings (SSSR count). The van der Waals surface area contributed by atoms with Crippen LogP contribution < -0.4 is 10.3 Å². The SMILES string of the molecule is CC1(C)CC(=O)c2cc(C(=O)N3CCCC(COc4ccccc4)C3)c(=O)[nH]c2C1. The highest BCUT2D eigenvalue weighted by molar-refractivity contribution is 6.02. The van der Waals surface area contributed by atoms with Gasteiger partial charge in [0.25, 0.3) is 11.5 Å². The first-order valence-electron chi connectivity index (χ1n) is 10.6. The first-order chi connectivity index (χ1) is 14.3. The van der Waals surface area contributed by atoms with Crippen molar-refractivity contribution in [1.82, 2.24) is 9.88 Å². The van der Waals surface area contributed by atoms with Crippen molar-refractivity contribution in [3.8, 4) is 5.75 Å². The van der Waals surface area contributed by atoms with Gasteiger partial charge in [0.15, 0.2) is 5.78 Å². The number of aromatic amines is 1. The molecule has 6 nitrogen and oxygen atoms in total. The Balaban J connectivity index is 1.48. The lowest BCUT2D eigenvalue weighted by Gasteiger charge is -2.33. The lowest BCUT2D eigenvalue weighted by atomic mass is 9.75. The average molecular weight is 408 g/mol. The highest BCUT2D eigenvalue weighted by Crippen LogP contribution is 2.33. The zero-order valence-electron chi connectivity index (χ0n) is 17.6. The normalized spacial score (nSPS) is 20.5. The second kappa shape index (κ2) is 8.09. The van der Waals surface area contributed by atoms with Gasteiger partial charge in [-0.15, -0.1) is 0 Å². The minimum atomic E-state index is -0.410. The highest BCUT2D eigenvalue weighted by atomic mass is 16.5. The van der Waals surface area contributed by atoms with Crippen LogP contribution in [0.3, 0.4) is 0 Å². The quantitative estimate of drug-likeness (QED) is 0.840. The molecule has 1 amide bonds. The van der Waals surface area contributed by atoms with Crippen molar-refractivity contribution in [2.45, 2.75) is 39.5 Å². The number of para-hydroxylation sites is 1. The van der Waals surface area contributed by atoms with Gasteiger partial charge in [-0.2, -0.15) is 0 Å². The summed E-state index contributed by atoms with van der Waals surface area (Å²) in [6.45, 7) is 5.70. The van der Waals surface area contributed by atoms with Crippen LogP contribution >= 0.6 is 0 Å². The third-order valence-corrected chi connectivity index (χ3v) is 5.98. The summed E-state index contributed by atoms with van der Waals surface area (Å²) in [5.74, 6) is 0.705. The van der Waals surface area contributed by atoms with Crippen LogP contribution in [0.4, 0.5) is 0 Å². The van der Waals surface area contributed by atoms with Crippen molar-refractivity contribution >= 4 is 11.7 Å². The van der Waals surface area contributed by atoms with Gasteiger partial charge in [-0.3, -0.25) is 14.4 Å². The molecule has 0 saturated carbocycles. The summed E-state index contributed by atoms with van der Waals surface area (Å²) < 4.78 is 5.86. The molecule has 6 heteroatoms. The smallest absolute Gasteiger partial charge is 0.261 e. The van der Waals surface area contributed by atoms with Gasteiger partial charge in [-0.1, -0.05) is 32.0 Å². The lowest BCUT2D eigenvalue weighted by molar-refractivity contribution is 0.0631. The minimum Gasteiger partial charge on any atom is -0.493 e. The summed E-state index contributed by atoms with van der Waals surface area (Å²) in [5, 5.41) is 0. The number of hydrogen-bond donors (Lipinski definition) is 1. The largest absolute Gasteiger partial charge is 0.493 e. The zero-order valence-corrected chi connectivity index (χ0v) is 17.6. The first kappa shape index (κ1) is 20.4. The number of hydrogen-bond acceptors (Lipinski definition) is 4. The van der Waals surface area contributed by atoms with E-state index in [1.165, 1.54) is 6.07 Å². The van der Waals surface area contributed by atoms with Crippen LogP contribution in [0.25, 0.3) is 0 Å². The fraction of sp³-hybridized carbons (Fsp3) is 0.458. The number of carbonyl (C=O) groups is 2. The molecule has 1 N–H and O–H groups in total. The maximum Gasteiger partial charge on any atom is 0.261 e. The number of aromatic nitrogens is 1. The van der Waals surface area contributed by atoms with E-state index in [0.717, 1.165) is 18.6 Å². The van der Waals surface area contributed by atoms with Crippen molar-refractivity contribution < 1.29 is 14.3 Å². The number of nitrogens with zero attached hydrogens (tertiary/aromatic N) is 1. The van der Waals surface area contributed by atoms with Crippen molar-refractivity contribution in [2.75, 3.05) is 19.7 Å². The maximum absolute atomic E-state index is 13.1. The fourth-order valence-corrected chi connectivity index (χ4v) is 4.47. The number of Topliss-reactive ketones (excluding diaryl/α,β-unsaturated/α-hetero) is 1. The molecule has 1 aromatic carbocycles. The molecule has 1 atom stereocenters. The number of ether oxygens (including phenoxy) is 1. The molecule has 158 valence electrons. The first-order valence-corrected chi connectivity index (χ1v) is 10.6. The van der Waals surface area contributed by atoms with Gasteiger partial charge in [0.2, 0.25) is 0 Å². The Morgan fingerprint density at radius 3 is 2.73 bits per heavy atom. The van der Waals surface area contributed by atoms with Gasteiger partial charge in [0, 0.05) is 36.7 Å². The van der Waals surface area contributed by atoms with Gasteiger partial charge < -0.3 is 14.6 Å². The molecule has 1 fully saturated rings. The summed E-state index contributed by atoms with van der Waals surface area (Å²) in [7, 11) is 0. The van der Waals surface area contributed by atoms with E-state index in [1.807, 2.05) is 44.2 Å². The number of piperidine rings is 1. The maximum atomic E-state index is 13.1. The number of likely N-dealkylation sites (tertiary alicyclic amines) is 1. The molecule has 30 heavy (non-hydrogen) atoms. The van der Waals surface area contributed by atoms with Crippen LogP contribution in [-0.2, 0) is 6.42 Å². The van der Waals surface area contributed by atoms with Gasteiger partial charge in [-0.25, -0.2) is 0 Å².